The van der Waals surface area contributed by atoms with Gasteiger partial charge in [-0.2, -0.15) is 0 Å². The number of anilines is 1. The molecule has 0 aliphatic rings. The van der Waals surface area contributed by atoms with Gasteiger partial charge in [0.2, 0.25) is 0 Å². The highest BCUT2D eigenvalue weighted by atomic mass is 19.1. The van der Waals surface area contributed by atoms with E-state index in [9.17, 15) is 13.6 Å². The van der Waals surface area contributed by atoms with E-state index in [-0.39, 0.29) is 29.8 Å². The minimum Gasteiger partial charge on any atom is -0.396 e. The van der Waals surface area contributed by atoms with Gasteiger partial charge < -0.3 is 14.9 Å². The zero-order valence-electron chi connectivity index (χ0n) is 12.5. The molecule has 0 fully saturated rings. The van der Waals surface area contributed by atoms with Gasteiger partial charge in [0.15, 0.2) is 11.6 Å². The molecule has 1 aromatic carbocycles. The highest BCUT2D eigenvalue weighted by molar-refractivity contribution is 5.88. The number of aliphatic hydroxyl groups excluding tert-OH is 1. The molecule has 0 aliphatic heterocycles. The summed E-state index contributed by atoms with van der Waals surface area (Å²) in [5.41, 5.74) is 0.0451. The van der Waals surface area contributed by atoms with Gasteiger partial charge in [-0.05, 0) is 31.9 Å². The first-order valence-electron chi connectivity index (χ1n) is 7.10. The molecule has 0 radical (unpaired) electrons. The Morgan fingerprint density at radius 1 is 1.39 bits per heavy atom. The van der Waals surface area contributed by atoms with Gasteiger partial charge in [-0.3, -0.25) is 5.32 Å². The minimum absolute atomic E-state index is 0.0451. The van der Waals surface area contributed by atoms with Gasteiger partial charge in [-0.1, -0.05) is 5.16 Å². The number of aromatic nitrogens is 1. The van der Waals surface area contributed by atoms with Crippen LogP contribution in [0, 0.1) is 11.6 Å². The van der Waals surface area contributed by atoms with Crippen LogP contribution in [0.2, 0.25) is 0 Å². The Kier molecular flexibility index (Phi) is 5.64. The van der Waals surface area contributed by atoms with Crippen molar-refractivity contribution in [2.45, 2.75) is 25.8 Å². The van der Waals surface area contributed by atoms with E-state index in [1.54, 1.807) is 6.92 Å². The van der Waals surface area contributed by atoms with Gasteiger partial charge in [0.25, 0.3) is 0 Å². The number of hydrogen-bond acceptors (Lipinski definition) is 4. The number of rotatable bonds is 6. The number of carbonyl (C=O) groups excluding carboxylic acids is 1. The summed E-state index contributed by atoms with van der Waals surface area (Å²) >= 11 is 0. The zero-order chi connectivity index (χ0) is 16.8. The van der Waals surface area contributed by atoms with Gasteiger partial charge in [0, 0.05) is 24.8 Å². The molecule has 2 rings (SSSR count). The maximum atomic E-state index is 13.7. The molecule has 1 unspecified atom stereocenters. The minimum atomic E-state index is -0.783. The number of urea groups is 1. The molecule has 23 heavy (non-hydrogen) atoms. The van der Waals surface area contributed by atoms with Crippen LogP contribution in [0.5, 0.6) is 0 Å². The molecular weight excluding hydrogens is 308 g/mol. The smallest absolute Gasteiger partial charge is 0.320 e. The monoisotopic (exact) mass is 325 g/mol. The highest BCUT2D eigenvalue weighted by Gasteiger charge is 2.14. The molecule has 124 valence electrons. The van der Waals surface area contributed by atoms with Crippen LogP contribution in [0.4, 0.5) is 19.4 Å². The lowest BCUT2D eigenvalue weighted by Gasteiger charge is -2.12. The van der Waals surface area contributed by atoms with Crippen LogP contribution in [-0.2, 0) is 0 Å². The van der Waals surface area contributed by atoms with Crippen LogP contribution in [0.15, 0.2) is 28.8 Å². The summed E-state index contributed by atoms with van der Waals surface area (Å²) in [5.74, 6) is -1.29. The Morgan fingerprint density at radius 2 is 2.17 bits per heavy atom. The number of benzene rings is 1. The van der Waals surface area contributed by atoms with E-state index >= 15 is 0 Å². The molecule has 1 heterocycles. The first-order chi connectivity index (χ1) is 11.0. The zero-order valence-corrected chi connectivity index (χ0v) is 12.5. The van der Waals surface area contributed by atoms with Gasteiger partial charge in [0.05, 0.1) is 5.56 Å². The number of nitrogens with one attached hydrogen (secondary N) is 2. The third kappa shape index (κ3) is 4.75. The number of aliphatic hydroxyl groups is 1. The molecule has 2 aromatic rings. The largest absolute Gasteiger partial charge is 0.396 e. The number of hydrogen-bond donors (Lipinski definition) is 3. The Bertz CT molecular complexity index is 676. The first-order valence-corrected chi connectivity index (χ1v) is 7.10. The van der Waals surface area contributed by atoms with E-state index in [2.05, 4.69) is 15.8 Å². The molecule has 0 saturated heterocycles. The third-order valence-corrected chi connectivity index (χ3v) is 3.12. The number of halogens is 2. The van der Waals surface area contributed by atoms with E-state index in [1.165, 1.54) is 12.1 Å². The summed E-state index contributed by atoms with van der Waals surface area (Å²) in [7, 11) is 0. The van der Waals surface area contributed by atoms with Crippen LogP contribution >= 0.6 is 0 Å². The second kappa shape index (κ2) is 7.68. The van der Waals surface area contributed by atoms with Crippen LogP contribution < -0.4 is 10.6 Å². The van der Waals surface area contributed by atoms with Crippen LogP contribution in [0.1, 0.15) is 19.8 Å². The predicted molar refractivity (Wildman–Crippen MR) is 79.8 cm³/mol. The summed E-state index contributed by atoms with van der Waals surface area (Å²) in [4.78, 5) is 11.8. The molecule has 0 spiro atoms. The topological polar surface area (TPSA) is 87.4 Å². The Labute approximate surface area is 131 Å². The number of carbonyl (C=O) groups is 1. The van der Waals surface area contributed by atoms with Crippen molar-refractivity contribution in [3.63, 3.8) is 0 Å². The standard InChI is InChI=1S/C15H17F2N3O3/c1-9(3-2-6-21)18-15(22)19-14-8-13(23-20-14)11-5-4-10(16)7-12(11)17/h4-5,7-9,21H,2-3,6H2,1H3,(H2,18,19,20,22). The molecule has 2 amide bonds. The van der Waals surface area contributed by atoms with Crippen LogP contribution in [0.3, 0.4) is 0 Å². The average Bonchev–Trinajstić information content (AvgIpc) is 2.93. The maximum absolute atomic E-state index is 13.7. The fraction of sp³-hybridized carbons (Fsp3) is 0.333. The normalized spacial score (nSPS) is 12.0. The summed E-state index contributed by atoms with van der Waals surface area (Å²) < 4.78 is 31.5. The fourth-order valence-corrected chi connectivity index (χ4v) is 2.00. The maximum Gasteiger partial charge on any atom is 0.320 e. The van der Waals surface area contributed by atoms with Gasteiger partial charge in [0.1, 0.15) is 11.6 Å². The highest BCUT2D eigenvalue weighted by Crippen LogP contribution is 2.25. The van der Waals surface area contributed by atoms with E-state index < -0.39 is 17.7 Å². The van der Waals surface area contributed by atoms with E-state index in [0.29, 0.717) is 12.8 Å². The van der Waals surface area contributed by atoms with E-state index in [4.69, 9.17) is 9.63 Å². The SMILES string of the molecule is CC(CCCO)NC(=O)Nc1cc(-c2ccc(F)cc2F)on1. The van der Waals surface area contributed by atoms with Crippen molar-refractivity contribution < 1.29 is 23.2 Å². The molecule has 6 nitrogen and oxygen atoms in total. The molecule has 1 atom stereocenters. The summed E-state index contributed by atoms with van der Waals surface area (Å²) in [5, 5.41) is 17.5. The molecule has 1 aromatic heterocycles. The van der Waals surface area contributed by atoms with Crippen molar-refractivity contribution in [3.05, 3.63) is 35.9 Å². The second-order valence-electron chi connectivity index (χ2n) is 5.07. The van der Waals surface area contributed by atoms with Crippen molar-refractivity contribution >= 4 is 11.8 Å². The molecule has 0 aliphatic carbocycles. The quantitative estimate of drug-likeness (QED) is 0.762. The predicted octanol–water partition coefficient (Wildman–Crippen LogP) is 2.90. The Morgan fingerprint density at radius 3 is 2.87 bits per heavy atom. The molecule has 0 saturated carbocycles. The Balaban J connectivity index is 1.98. The van der Waals surface area contributed by atoms with Crippen LogP contribution in [0.25, 0.3) is 11.3 Å². The summed E-state index contributed by atoms with van der Waals surface area (Å²) in [6.07, 6.45) is 1.22. The first kappa shape index (κ1) is 16.9. The van der Waals surface area contributed by atoms with Crippen molar-refractivity contribution in [1.29, 1.82) is 0 Å². The lowest BCUT2D eigenvalue weighted by molar-refractivity contribution is 0.245. The summed E-state index contributed by atoms with van der Waals surface area (Å²) in [6.45, 7) is 1.86. The van der Waals surface area contributed by atoms with Crippen molar-refractivity contribution in [3.8, 4) is 11.3 Å². The fourth-order valence-electron chi connectivity index (χ4n) is 2.00. The number of nitrogens with zero attached hydrogens (tertiary/aromatic N) is 1. The number of amides is 2. The Hall–Kier alpha value is -2.48. The average molecular weight is 325 g/mol. The van der Waals surface area contributed by atoms with Gasteiger partial charge in [-0.15, -0.1) is 0 Å². The molecule has 0 bridgehead atoms. The summed E-state index contributed by atoms with van der Waals surface area (Å²) in [6, 6.07) is 3.79. The van der Waals surface area contributed by atoms with E-state index in [1.807, 2.05) is 0 Å². The third-order valence-electron chi connectivity index (χ3n) is 3.12. The second-order valence-corrected chi connectivity index (χ2v) is 5.07. The molecule has 8 heteroatoms. The lowest BCUT2D eigenvalue weighted by Crippen LogP contribution is -2.36. The van der Waals surface area contributed by atoms with Crippen molar-refractivity contribution in [1.82, 2.24) is 10.5 Å². The van der Waals surface area contributed by atoms with Crippen molar-refractivity contribution in [2.24, 2.45) is 0 Å². The molecule has 3 N–H and O–H groups in total. The lowest BCUT2D eigenvalue weighted by atomic mass is 10.1. The van der Waals surface area contributed by atoms with Gasteiger partial charge in [-0.25, -0.2) is 13.6 Å². The van der Waals surface area contributed by atoms with Crippen molar-refractivity contribution in [2.75, 3.05) is 11.9 Å². The van der Waals surface area contributed by atoms with Crippen LogP contribution in [-0.4, -0.2) is 28.9 Å². The molecular formula is C15H17F2N3O3. The van der Waals surface area contributed by atoms with E-state index in [0.717, 1.165) is 12.1 Å². The van der Waals surface area contributed by atoms with Gasteiger partial charge >= 0.3 is 6.03 Å².